The second-order valence-electron chi connectivity index (χ2n) is 3.65. The van der Waals surface area contributed by atoms with Crippen molar-refractivity contribution in [3.63, 3.8) is 0 Å². The van der Waals surface area contributed by atoms with Crippen molar-refractivity contribution in [2.75, 3.05) is 6.61 Å². The molecule has 2 aromatic rings. The van der Waals surface area contributed by atoms with Crippen LogP contribution in [0.3, 0.4) is 0 Å². The highest BCUT2D eigenvalue weighted by Gasteiger charge is 2.03. The van der Waals surface area contributed by atoms with Crippen LogP contribution in [0, 0.1) is 0 Å². The van der Waals surface area contributed by atoms with Crippen LogP contribution in [0.4, 0.5) is 0 Å². The van der Waals surface area contributed by atoms with Gasteiger partial charge in [-0.15, -0.1) is 0 Å². The van der Waals surface area contributed by atoms with Gasteiger partial charge in [-0.25, -0.2) is 0 Å². The quantitative estimate of drug-likeness (QED) is 0.899. The van der Waals surface area contributed by atoms with Gasteiger partial charge in [0.25, 0.3) is 0 Å². The Hall–Kier alpha value is -1.03. The zero-order chi connectivity index (χ0) is 12.1. The molecular weight excluding hydrogens is 256 g/mol. The van der Waals surface area contributed by atoms with Crippen LogP contribution in [0.1, 0.15) is 11.1 Å². The first-order valence-corrected chi connectivity index (χ1v) is 6.65. The zero-order valence-corrected chi connectivity index (χ0v) is 10.8. The molecule has 1 heterocycles. The molecule has 0 radical (unpaired) electrons. The van der Waals surface area contributed by atoms with E-state index in [-0.39, 0.29) is 6.61 Å². The summed E-state index contributed by atoms with van der Waals surface area (Å²) in [6.07, 6.45) is 0.877. The number of hydrogen-bond donors (Lipinski definition) is 1. The molecule has 0 aliphatic rings. The Morgan fingerprint density at radius 2 is 2.12 bits per heavy atom. The van der Waals surface area contributed by atoms with Crippen LogP contribution in [0.15, 0.2) is 35.0 Å². The van der Waals surface area contributed by atoms with E-state index >= 15 is 0 Å². The molecule has 2 rings (SSSR count). The highest BCUT2D eigenvalue weighted by Crippen LogP contribution is 2.25. The maximum Gasteiger partial charge on any atom is 0.137 e. The Morgan fingerprint density at radius 3 is 2.76 bits per heavy atom. The van der Waals surface area contributed by atoms with Gasteiger partial charge < -0.3 is 9.84 Å². The van der Waals surface area contributed by atoms with Crippen molar-refractivity contribution < 1.29 is 9.84 Å². The molecule has 0 atom stereocenters. The van der Waals surface area contributed by atoms with Crippen molar-refractivity contribution in [2.24, 2.45) is 0 Å². The number of ether oxygens (including phenoxy) is 1. The van der Waals surface area contributed by atoms with E-state index in [1.54, 1.807) is 23.5 Å². The Morgan fingerprint density at radius 1 is 1.24 bits per heavy atom. The lowest BCUT2D eigenvalue weighted by molar-refractivity contribution is 0.281. The molecule has 0 bridgehead atoms. The molecule has 0 aliphatic heterocycles. The van der Waals surface area contributed by atoms with Crippen molar-refractivity contribution in [3.05, 3.63) is 51.2 Å². The topological polar surface area (TPSA) is 29.5 Å². The highest BCUT2D eigenvalue weighted by atomic mass is 35.5. The standard InChI is InChI=1S/C13H13ClO2S/c14-12-7-11(8-15)1-2-13(12)16-5-3-10-4-6-17-9-10/h1-2,4,6-7,9,15H,3,5,8H2. The summed E-state index contributed by atoms with van der Waals surface area (Å²) in [4.78, 5) is 0. The summed E-state index contributed by atoms with van der Waals surface area (Å²) in [7, 11) is 0. The van der Waals surface area contributed by atoms with E-state index in [0.29, 0.717) is 17.4 Å². The maximum atomic E-state index is 8.96. The van der Waals surface area contributed by atoms with E-state index in [9.17, 15) is 0 Å². The summed E-state index contributed by atoms with van der Waals surface area (Å²) in [5.74, 6) is 0.666. The van der Waals surface area contributed by atoms with E-state index < -0.39 is 0 Å². The fraction of sp³-hybridized carbons (Fsp3) is 0.231. The summed E-state index contributed by atoms with van der Waals surface area (Å²) >= 11 is 7.72. The highest BCUT2D eigenvalue weighted by molar-refractivity contribution is 7.07. The molecule has 0 aliphatic carbocycles. The van der Waals surface area contributed by atoms with Gasteiger partial charge >= 0.3 is 0 Å². The second-order valence-corrected chi connectivity index (χ2v) is 4.84. The van der Waals surface area contributed by atoms with E-state index in [4.69, 9.17) is 21.4 Å². The largest absolute Gasteiger partial charge is 0.492 e. The molecule has 17 heavy (non-hydrogen) atoms. The first-order chi connectivity index (χ1) is 8.29. The van der Waals surface area contributed by atoms with E-state index in [0.717, 1.165) is 12.0 Å². The summed E-state index contributed by atoms with van der Waals surface area (Å²) < 4.78 is 5.60. The number of benzene rings is 1. The minimum atomic E-state index is -0.00506. The third-order valence-corrected chi connectivity index (χ3v) is 3.43. The van der Waals surface area contributed by atoms with Crippen molar-refractivity contribution in [1.29, 1.82) is 0 Å². The Kier molecular flexibility index (Phi) is 4.42. The normalized spacial score (nSPS) is 10.5. The first kappa shape index (κ1) is 12.4. The molecule has 0 unspecified atom stereocenters. The van der Waals surface area contributed by atoms with E-state index in [1.807, 2.05) is 6.07 Å². The predicted molar refractivity (Wildman–Crippen MR) is 70.9 cm³/mol. The van der Waals surface area contributed by atoms with Gasteiger partial charge in [-0.1, -0.05) is 17.7 Å². The van der Waals surface area contributed by atoms with Crippen LogP contribution < -0.4 is 4.74 Å². The molecule has 90 valence electrons. The van der Waals surface area contributed by atoms with Crippen LogP contribution in [-0.4, -0.2) is 11.7 Å². The van der Waals surface area contributed by atoms with Crippen LogP contribution in [0.2, 0.25) is 5.02 Å². The Labute approximate surface area is 109 Å². The number of rotatable bonds is 5. The van der Waals surface area contributed by atoms with Gasteiger partial charge in [0.15, 0.2) is 0 Å². The van der Waals surface area contributed by atoms with Gasteiger partial charge in [0.05, 0.1) is 18.2 Å². The first-order valence-electron chi connectivity index (χ1n) is 5.33. The predicted octanol–water partition coefficient (Wildman–Crippen LogP) is 3.52. The molecule has 1 N–H and O–H groups in total. The maximum absolute atomic E-state index is 8.96. The fourth-order valence-electron chi connectivity index (χ4n) is 1.47. The lowest BCUT2D eigenvalue weighted by Gasteiger charge is -2.08. The number of aliphatic hydroxyl groups is 1. The molecule has 0 saturated heterocycles. The molecule has 1 aromatic heterocycles. The van der Waals surface area contributed by atoms with E-state index in [1.165, 1.54) is 5.56 Å². The number of hydrogen-bond acceptors (Lipinski definition) is 3. The van der Waals surface area contributed by atoms with Crippen molar-refractivity contribution in [3.8, 4) is 5.75 Å². The second kappa shape index (κ2) is 6.05. The molecule has 2 nitrogen and oxygen atoms in total. The molecule has 1 aromatic carbocycles. The minimum Gasteiger partial charge on any atom is -0.492 e. The fourth-order valence-corrected chi connectivity index (χ4v) is 2.43. The zero-order valence-electron chi connectivity index (χ0n) is 9.23. The van der Waals surface area contributed by atoms with Gasteiger partial charge in [-0.2, -0.15) is 11.3 Å². The molecule has 0 spiro atoms. The van der Waals surface area contributed by atoms with E-state index in [2.05, 4.69) is 16.8 Å². The molecular formula is C13H13ClO2S. The van der Waals surface area contributed by atoms with Crippen molar-refractivity contribution >= 4 is 22.9 Å². The van der Waals surface area contributed by atoms with Gasteiger partial charge in [-0.05, 0) is 40.1 Å². The number of halogens is 1. The van der Waals surface area contributed by atoms with Gasteiger partial charge in [0.2, 0.25) is 0 Å². The molecule has 4 heteroatoms. The lowest BCUT2D eigenvalue weighted by Crippen LogP contribution is -2.01. The Bertz CT molecular complexity index is 468. The third kappa shape index (κ3) is 3.46. The summed E-state index contributed by atoms with van der Waals surface area (Å²) in [6, 6.07) is 7.42. The lowest BCUT2D eigenvalue weighted by atomic mass is 10.2. The van der Waals surface area contributed by atoms with Crippen molar-refractivity contribution in [2.45, 2.75) is 13.0 Å². The van der Waals surface area contributed by atoms with Crippen molar-refractivity contribution in [1.82, 2.24) is 0 Å². The summed E-state index contributed by atoms with van der Waals surface area (Å²) in [6.45, 7) is 0.601. The Balaban J connectivity index is 1.90. The molecule has 0 fully saturated rings. The monoisotopic (exact) mass is 268 g/mol. The summed E-state index contributed by atoms with van der Waals surface area (Å²) in [5.41, 5.74) is 2.07. The van der Waals surface area contributed by atoms with Gasteiger partial charge in [0, 0.05) is 6.42 Å². The summed E-state index contributed by atoms with van der Waals surface area (Å²) in [5, 5.41) is 13.7. The molecule has 0 saturated carbocycles. The van der Waals surface area contributed by atoms with Crippen LogP contribution in [-0.2, 0) is 13.0 Å². The molecule has 0 amide bonds. The average Bonchev–Trinajstić information content (AvgIpc) is 2.84. The van der Waals surface area contributed by atoms with Crippen LogP contribution in [0.25, 0.3) is 0 Å². The van der Waals surface area contributed by atoms with Crippen LogP contribution in [0.5, 0.6) is 5.75 Å². The average molecular weight is 269 g/mol. The number of aliphatic hydroxyl groups excluding tert-OH is 1. The smallest absolute Gasteiger partial charge is 0.137 e. The van der Waals surface area contributed by atoms with Gasteiger partial charge in [0.1, 0.15) is 5.75 Å². The number of thiophene rings is 1. The van der Waals surface area contributed by atoms with Crippen LogP contribution >= 0.6 is 22.9 Å². The SMILES string of the molecule is OCc1ccc(OCCc2ccsc2)c(Cl)c1. The third-order valence-electron chi connectivity index (χ3n) is 2.41. The van der Waals surface area contributed by atoms with Gasteiger partial charge in [-0.3, -0.25) is 0 Å². The minimum absolute atomic E-state index is 0.00506.